The highest BCUT2D eigenvalue weighted by Crippen LogP contribution is 2.17. The summed E-state index contributed by atoms with van der Waals surface area (Å²) in [6.45, 7) is 2.10. The summed E-state index contributed by atoms with van der Waals surface area (Å²) >= 11 is 0. The number of hydrogen-bond donors (Lipinski definition) is 2. The first kappa shape index (κ1) is 22.7. The van der Waals surface area contributed by atoms with Crippen molar-refractivity contribution in [1.29, 1.82) is 0 Å². The Morgan fingerprint density at radius 1 is 0.812 bits per heavy atom. The van der Waals surface area contributed by atoms with Crippen LogP contribution in [-0.4, -0.2) is 23.9 Å². The van der Waals surface area contributed by atoms with E-state index in [0.717, 1.165) is 5.56 Å². The maximum Gasteiger partial charge on any atom is 0.334 e. The second-order valence-corrected chi connectivity index (χ2v) is 7.22. The molecule has 164 valence electrons. The van der Waals surface area contributed by atoms with E-state index in [-0.39, 0.29) is 5.91 Å². The van der Waals surface area contributed by atoms with E-state index in [2.05, 4.69) is 10.6 Å². The lowest BCUT2D eigenvalue weighted by Crippen LogP contribution is -2.41. The van der Waals surface area contributed by atoms with Gasteiger partial charge in [-0.1, -0.05) is 85.8 Å². The lowest BCUT2D eigenvalue weighted by atomic mass is 10.1. The lowest BCUT2D eigenvalue weighted by molar-refractivity contribution is -0.158. The van der Waals surface area contributed by atoms with Crippen molar-refractivity contribution in [3.05, 3.63) is 108 Å². The Bertz CT molecular complexity index is 1020. The molecule has 0 aromatic heterocycles. The Morgan fingerprint density at radius 2 is 1.38 bits per heavy atom. The van der Waals surface area contributed by atoms with E-state index in [1.54, 1.807) is 61.5 Å². The Balaban J connectivity index is 1.70. The average Bonchev–Trinajstić information content (AvgIpc) is 2.85. The third-order valence-electron chi connectivity index (χ3n) is 4.91. The summed E-state index contributed by atoms with van der Waals surface area (Å²) < 4.78 is 5.54. The predicted molar refractivity (Wildman–Crippen MR) is 122 cm³/mol. The number of amides is 2. The maximum absolute atomic E-state index is 13.0. The van der Waals surface area contributed by atoms with E-state index in [9.17, 15) is 14.4 Å². The van der Waals surface area contributed by atoms with Gasteiger partial charge in [-0.05, 0) is 29.7 Å². The molecule has 0 fully saturated rings. The van der Waals surface area contributed by atoms with Gasteiger partial charge in [-0.15, -0.1) is 0 Å². The summed E-state index contributed by atoms with van der Waals surface area (Å²) in [5.41, 5.74) is 1.94. The van der Waals surface area contributed by atoms with Crippen LogP contribution in [0.5, 0.6) is 0 Å². The summed E-state index contributed by atoms with van der Waals surface area (Å²) in [5, 5.41) is 5.53. The molecule has 0 bridgehead atoms. The van der Waals surface area contributed by atoms with Crippen LogP contribution in [0.3, 0.4) is 0 Å². The van der Waals surface area contributed by atoms with Gasteiger partial charge in [0.25, 0.3) is 11.8 Å². The van der Waals surface area contributed by atoms with Crippen molar-refractivity contribution in [1.82, 2.24) is 10.6 Å². The van der Waals surface area contributed by atoms with E-state index >= 15 is 0 Å². The average molecular weight is 431 g/mol. The molecule has 2 atom stereocenters. The molecule has 32 heavy (non-hydrogen) atoms. The third kappa shape index (κ3) is 6.28. The summed E-state index contributed by atoms with van der Waals surface area (Å²) in [6.07, 6.45) is -0.661. The van der Waals surface area contributed by atoms with Gasteiger partial charge in [0.2, 0.25) is 0 Å². The minimum absolute atomic E-state index is 0.306. The van der Waals surface area contributed by atoms with Gasteiger partial charge in [-0.3, -0.25) is 9.59 Å². The van der Waals surface area contributed by atoms with Crippen molar-refractivity contribution < 1.29 is 19.1 Å². The molecule has 0 saturated carbocycles. The normalized spacial score (nSPS) is 12.3. The van der Waals surface area contributed by atoms with E-state index in [4.69, 9.17) is 4.74 Å². The Kier molecular flexibility index (Phi) is 8.15. The highest BCUT2D eigenvalue weighted by atomic mass is 16.5. The minimum Gasteiger partial charge on any atom is -0.450 e. The van der Waals surface area contributed by atoms with Crippen LogP contribution >= 0.6 is 0 Å². The number of carbonyl (C=O) groups excluding carboxylic acids is 3. The number of hydrogen-bond acceptors (Lipinski definition) is 4. The Morgan fingerprint density at radius 3 is 1.97 bits per heavy atom. The number of nitrogens with one attached hydrogen (secondary N) is 2. The fourth-order valence-corrected chi connectivity index (χ4v) is 3.16. The number of benzene rings is 3. The van der Waals surface area contributed by atoms with Gasteiger partial charge in [0.1, 0.15) is 0 Å². The number of ether oxygens (including phenoxy) is 1. The first-order valence-electron chi connectivity index (χ1n) is 10.5. The fraction of sp³-hybridized carbons (Fsp3) is 0.192. The Hall–Kier alpha value is -3.93. The summed E-state index contributed by atoms with van der Waals surface area (Å²) in [5.74, 6) is -1.48. The van der Waals surface area contributed by atoms with Gasteiger partial charge in [-0.25, -0.2) is 4.79 Å². The molecule has 0 aliphatic heterocycles. The lowest BCUT2D eigenvalue weighted by Gasteiger charge is -2.22. The standard InChI is InChI=1S/C26H26N2O4/c1-2-22(25(30)27-18-19-12-6-3-7-13-19)32-26(31)23(20-14-8-4-9-15-20)28-24(29)21-16-10-5-11-17-21/h3-17,22-23H,2,18H2,1H3,(H,27,30)(H,28,29)/t22-,23+/m0/s1. The molecule has 6 heteroatoms. The van der Waals surface area contributed by atoms with Crippen LogP contribution in [0.25, 0.3) is 0 Å². The van der Waals surface area contributed by atoms with Gasteiger partial charge in [0, 0.05) is 12.1 Å². The van der Waals surface area contributed by atoms with Crippen LogP contribution in [0.15, 0.2) is 91.0 Å². The van der Waals surface area contributed by atoms with Crippen molar-refractivity contribution in [2.24, 2.45) is 0 Å². The van der Waals surface area contributed by atoms with E-state index in [0.29, 0.717) is 24.1 Å². The number of carbonyl (C=O) groups is 3. The molecule has 0 saturated heterocycles. The van der Waals surface area contributed by atoms with Crippen LogP contribution in [0.4, 0.5) is 0 Å². The van der Waals surface area contributed by atoms with E-state index in [1.165, 1.54) is 0 Å². The van der Waals surface area contributed by atoms with Crippen LogP contribution in [-0.2, 0) is 20.9 Å². The van der Waals surface area contributed by atoms with Crippen molar-refractivity contribution in [3.63, 3.8) is 0 Å². The first-order chi connectivity index (χ1) is 15.6. The molecule has 2 N–H and O–H groups in total. The summed E-state index contributed by atoms with van der Waals surface area (Å²) in [6, 6.07) is 25.9. The van der Waals surface area contributed by atoms with Gasteiger partial charge < -0.3 is 15.4 Å². The zero-order valence-electron chi connectivity index (χ0n) is 17.9. The molecule has 0 radical (unpaired) electrons. The van der Waals surface area contributed by atoms with E-state index in [1.807, 2.05) is 36.4 Å². The molecule has 0 unspecified atom stereocenters. The van der Waals surface area contributed by atoms with Gasteiger partial charge in [0.05, 0.1) is 0 Å². The molecule has 3 aromatic carbocycles. The molecule has 6 nitrogen and oxygen atoms in total. The monoisotopic (exact) mass is 430 g/mol. The second-order valence-electron chi connectivity index (χ2n) is 7.22. The molecular weight excluding hydrogens is 404 g/mol. The van der Waals surface area contributed by atoms with E-state index < -0.39 is 24.0 Å². The largest absolute Gasteiger partial charge is 0.450 e. The van der Waals surface area contributed by atoms with Crippen LogP contribution in [0.1, 0.15) is 40.9 Å². The van der Waals surface area contributed by atoms with Crippen LogP contribution < -0.4 is 10.6 Å². The molecule has 0 aliphatic rings. The zero-order chi connectivity index (χ0) is 22.8. The smallest absolute Gasteiger partial charge is 0.334 e. The molecule has 0 spiro atoms. The van der Waals surface area contributed by atoms with Crippen molar-refractivity contribution >= 4 is 17.8 Å². The highest BCUT2D eigenvalue weighted by Gasteiger charge is 2.29. The van der Waals surface area contributed by atoms with Gasteiger partial charge in [0.15, 0.2) is 12.1 Å². The predicted octanol–water partition coefficient (Wildman–Crippen LogP) is 3.80. The molecular formula is C26H26N2O4. The molecule has 2 amide bonds. The van der Waals surface area contributed by atoms with Crippen molar-refractivity contribution in [2.45, 2.75) is 32.0 Å². The minimum atomic E-state index is -1.04. The number of rotatable bonds is 9. The fourth-order valence-electron chi connectivity index (χ4n) is 3.16. The van der Waals surface area contributed by atoms with Crippen molar-refractivity contribution in [3.8, 4) is 0 Å². The van der Waals surface area contributed by atoms with Gasteiger partial charge in [-0.2, -0.15) is 0 Å². The third-order valence-corrected chi connectivity index (χ3v) is 4.91. The number of esters is 1. The molecule has 0 heterocycles. The quantitative estimate of drug-likeness (QED) is 0.506. The van der Waals surface area contributed by atoms with Crippen LogP contribution in [0, 0.1) is 0 Å². The Labute approximate surface area is 187 Å². The topological polar surface area (TPSA) is 84.5 Å². The van der Waals surface area contributed by atoms with Gasteiger partial charge >= 0.3 is 5.97 Å². The molecule has 3 aromatic rings. The molecule has 3 rings (SSSR count). The zero-order valence-corrected chi connectivity index (χ0v) is 17.9. The summed E-state index contributed by atoms with van der Waals surface area (Å²) in [7, 11) is 0. The maximum atomic E-state index is 13.0. The first-order valence-corrected chi connectivity index (χ1v) is 10.5. The second kappa shape index (κ2) is 11.5. The van der Waals surface area contributed by atoms with Crippen LogP contribution in [0.2, 0.25) is 0 Å². The molecule has 0 aliphatic carbocycles. The summed E-state index contributed by atoms with van der Waals surface area (Å²) in [4.78, 5) is 38.3. The van der Waals surface area contributed by atoms with Crippen molar-refractivity contribution in [2.75, 3.05) is 0 Å². The highest BCUT2D eigenvalue weighted by molar-refractivity contribution is 5.97. The SMILES string of the molecule is CC[C@H](OC(=O)[C@H](NC(=O)c1ccccc1)c1ccccc1)C(=O)NCc1ccccc1.